The van der Waals surface area contributed by atoms with Crippen LogP contribution in [0.1, 0.15) is 33.2 Å². The van der Waals surface area contributed by atoms with E-state index in [-0.39, 0.29) is 23.4 Å². The summed E-state index contributed by atoms with van der Waals surface area (Å²) in [6, 6.07) is 7.59. The first-order chi connectivity index (χ1) is 14.2. The molecule has 1 aliphatic rings. The fraction of sp³-hybridized carbons (Fsp3) is 0.286. The minimum absolute atomic E-state index is 0.0534. The number of fused-ring (bicyclic) bond motifs is 1. The highest BCUT2D eigenvalue weighted by Crippen LogP contribution is 2.36. The van der Waals surface area contributed by atoms with Gasteiger partial charge in [-0.25, -0.2) is 9.59 Å². The predicted molar refractivity (Wildman–Crippen MR) is 108 cm³/mol. The quantitative estimate of drug-likeness (QED) is 0.722. The number of anilines is 1. The van der Waals surface area contributed by atoms with Crippen LogP contribution >= 0.6 is 11.6 Å². The molecule has 0 saturated carbocycles. The molecule has 1 unspecified atom stereocenters. The summed E-state index contributed by atoms with van der Waals surface area (Å²) in [5.41, 5.74) is -0.394. The lowest BCUT2D eigenvalue weighted by Crippen LogP contribution is -2.49. The van der Waals surface area contributed by atoms with E-state index in [0.717, 1.165) is 0 Å². The third kappa shape index (κ3) is 3.91. The zero-order chi connectivity index (χ0) is 22.1. The van der Waals surface area contributed by atoms with E-state index >= 15 is 0 Å². The maximum Gasteiger partial charge on any atom is 0.340 e. The number of methoxy groups -OCH3 is 3. The normalized spacial score (nSPS) is 17.4. The first kappa shape index (κ1) is 21.4. The van der Waals surface area contributed by atoms with Crippen LogP contribution in [0.15, 0.2) is 30.3 Å². The zero-order valence-corrected chi connectivity index (χ0v) is 17.6. The SMILES string of the molecule is COC(=O)c1cc(OC)c(OC)cc1NC(=O)C1(C)Cc2cc(Cl)ccc2C(=O)O1. The van der Waals surface area contributed by atoms with Crippen LogP contribution in [0.2, 0.25) is 5.02 Å². The van der Waals surface area contributed by atoms with E-state index in [1.165, 1.54) is 40.4 Å². The van der Waals surface area contributed by atoms with Gasteiger partial charge in [-0.15, -0.1) is 0 Å². The largest absolute Gasteiger partial charge is 0.493 e. The van der Waals surface area contributed by atoms with Gasteiger partial charge in [-0.2, -0.15) is 0 Å². The van der Waals surface area contributed by atoms with Gasteiger partial charge in [-0.3, -0.25) is 4.79 Å². The van der Waals surface area contributed by atoms with Gasteiger partial charge < -0.3 is 24.3 Å². The van der Waals surface area contributed by atoms with Gasteiger partial charge in [0.25, 0.3) is 5.91 Å². The molecule has 2 aromatic rings. The van der Waals surface area contributed by atoms with Gasteiger partial charge in [-0.1, -0.05) is 11.6 Å². The molecule has 2 aromatic carbocycles. The topological polar surface area (TPSA) is 100 Å². The summed E-state index contributed by atoms with van der Waals surface area (Å²) in [5.74, 6) is -1.36. The van der Waals surface area contributed by atoms with Crippen LogP contribution in [0.5, 0.6) is 11.5 Å². The Labute approximate surface area is 178 Å². The molecule has 0 radical (unpaired) electrons. The van der Waals surface area contributed by atoms with Crippen LogP contribution in [0.4, 0.5) is 5.69 Å². The van der Waals surface area contributed by atoms with Crippen molar-refractivity contribution < 1.29 is 33.3 Å². The molecule has 1 atom stereocenters. The van der Waals surface area contributed by atoms with Crippen LogP contribution < -0.4 is 14.8 Å². The molecule has 0 spiro atoms. The van der Waals surface area contributed by atoms with E-state index < -0.39 is 23.4 Å². The Morgan fingerprint density at radius 1 is 1.10 bits per heavy atom. The Bertz CT molecular complexity index is 1040. The van der Waals surface area contributed by atoms with Crippen molar-refractivity contribution in [2.24, 2.45) is 0 Å². The second-order valence-electron chi connectivity index (χ2n) is 6.80. The van der Waals surface area contributed by atoms with Crippen LogP contribution in [-0.2, 0) is 20.7 Å². The molecule has 0 aromatic heterocycles. The number of halogens is 1. The summed E-state index contributed by atoms with van der Waals surface area (Å²) in [6.07, 6.45) is 0.112. The summed E-state index contributed by atoms with van der Waals surface area (Å²) >= 11 is 6.03. The van der Waals surface area contributed by atoms with Crippen molar-refractivity contribution in [3.8, 4) is 11.5 Å². The van der Waals surface area contributed by atoms with Crippen LogP contribution in [0.3, 0.4) is 0 Å². The Balaban J connectivity index is 1.97. The van der Waals surface area contributed by atoms with Crippen molar-refractivity contribution in [1.29, 1.82) is 0 Å². The van der Waals surface area contributed by atoms with E-state index in [0.29, 0.717) is 21.9 Å². The minimum Gasteiger partial charge on any atom is -0.493 e. The second-order valence-corrected chi connectivity index (χ2v) is 7.23. The number of cyclic esters (lactones) is 1. The molecule has 3 rings (SSSR count). The molecule has 8 nitrogen and oxygen atoms in total. The number of carbonyl (C=O) groups excluding carboxylic acids is 3. The molecular formula is C21H20ClNO7. The fourth-order valence-electron chi connectivity index (χ4n) is 3.21. The highest BCUT2D eigenvalue weighted by atomic mass is 35.5. The molecular weight excluding hydrogens is 414 g/mol. The number of rotatable bonds is 5. The lowest BCUT2D eigenvalue weighted by molar-refractivity contribution is -0.134. The minimum atomic E-state index is -1.52. The Morgan fingerprint density at radius 2 is 1.77 bits per heavy atom. The highest BCUT2D eigenvalue weighted by molar-refractivity contribution is 6.30. The smallest absolute Gasteiger partial charge is 0.340 e. The van der Waals surface area contributed by atoms with Crippen LogP contribution in [0.25, 0.3) is 0 Å². The summed E-state index contributed by atoms with van der Waals surface area (Å²) < 4.78 is 20.7. The van der Waals surface area contributed by atoms with Crippen molar-refractivity contribution in [3.63, 3.8) is 0 Å². The van der Waals surface area contributed by atoms with E-state index in [9.17, 15) is 14.4 Å². The lowest BCUT2D eigenvalue weighted by Gasteiger charge is -2.33. The predicted octanol–water partition coefficient (Wildman–Crippen LogP) is 3.25. The first-order valence-corrected chi connectivity index (χ1v) is 9.27. The fourth-order valence-corrected chi connectivity index (χ4v) is 3.40. The molecule has 0 saturated heterocycles. The summed E-state index contributed by atoms with van der Waals surface area (Å²) in [5, 5.41) is 3.09. The van der Waals surface area contributed by atoms with Crippen LogP contribution in [0, 0.1) is 0 Å². The monoisotopic (exact) mass is 433 g/mol. The number of hydrogen-bond donors (Lipinski definition) is 1. The van der Waals surface area contributed by atoms with Gasteiger partial charge in [0.2, 0.25) is 0 Å². The van der Waals surface area contributed by atoms with E-state index in [4.69, 9.17) is 30.5 Å². The van der Waals surface area contributed by atoms with E-state index in [1.807, 2.05) is 0 Å². The number of ether oxygens (including phenoxy) is 4. The third-order valence-electron chi connectivity index (χ3n) is 4.79. The maximum atomic E-state index is 13.1. The number of amides is 1. The van der Waals surface area contributed by atoms with Crippen molar-refractivity contribution in [1.82, 2.24) is 0 Å². The van der Waals surface area contributed by atoms with Crippen LogP contribution in [-0.4, -0.2) is 44.8 Å². The number of nitrogens with one attached hydrogen (secondary N) is 1. The number of carbonyl (C=O) groups is 3. The number of esters is 2. The summed E-state index contributed by atoms with van der Waals surface area (Å²) in [4.78, 5) is 37.7. The van der Waals surface area contributed by atoms with E-state index in [1.54, 1.807) is 18.2 Å². The average Bonchev–Trinajstić information content (AvgIpc) is 2.72. The lowest BCUT2D eigenvalue weighted by atomic mass is 9.89. The summed E-state index contributed by atoms with van der Waals surface area (Å²) in [6.45, 7) is 1.49. The standard InChI is InChI=1S/C21H20ClNO7/c1-21(10-11-7-12(22)5-6-13(11)19(25)30-21)20(26)23-15-9-17(28-3)16(27-2)8-14(15)18(24)29-4/h5-9H,10H2,1-4H3,(H,23,26). The van der Waals surface area contributed by atoms with Crippen molar-refractivity contribution in [2.75, 3.05) is 26.6 Å². The maximum absolute atomic E-state index is 13.1. The van der Waals surface area contributed by atoms with Crippen molar-refractivity contribution in [3.05, 3.63) is 52.0 Å². The Morgan fingerprint density at radius 3 is 2.40 bits per heavy atom. The molecule has 1 heterocycles. The summed E-state index contributed by atoms with van der Waals surface area (Å²) in [7, 11) is 4.06. The Hall–Kier alpha value is -3.26. The number of benzene rings is 2. The van der Waals surface area contributed by atoms with Gasteiger partial charge in [-0.05, 0) is 30.7 Å². The van der Waals surface area contributed by atoms with Gasteiger partial charge >= 0.3 is 11.9 Å². The average molecular weight is 434 g/mol. The molecule has 1 amide bonds. The first-order valence-electron chi connectivity index (χ1n) is 8.90. The Kier molecular flexibility index (Phi) is 5.89. The molecule has 1 N–H and O–H groups in total. The van der Waals surface area contributed by atoms with E-state index in [2.05, 4.69) is 5.32 Å². The number of hydrogen-bond acceptors (Lipinski definition) is 7. The molecule has 158 valence electrons. The molecule has 0 aliphatic carbocycles. The molecule has 1 aliphatic heterocycles. The van der Waals surface area contributed by atoms with Gasteiger partial charge in [0, 0.05) is 23.6 Å². The third-order valence-corrected chi connectivity index (χ3v) is 5.03. The van der Waals surface area contributed by atoms with Crippen molar-refractivity contribution in [2.45, 2.75) is 18.9 Å². The molecule has 30 heavy (non-hydrogen) atoms. The molecule has 9 heteroatoms. The second kappa shape index (κ2) is 8.23. The molecule has 0 fully saturated rings. The van der Waals surface area contributed by atoms with Gasteiger partial charge in [0.1, 0.15) is 0 Å². The molecule has 0 bridgehead atoms. The van der Waals surface area contributed by atoms with Gasteiger partial charge in [0.15, 0.2) is 17.1 Å². The van der Waals surface area contributed by atoms with Crippen molar-refractivity contribution >= 4 is 35.1 Å². The highest BCUT2D eigenvalue weighted by Gasteiger charge is 2.43. The zero-order valence-electron chi connectivity index (χ0n) is 16.8. The van der Waals surface area contributed by atoms with Gasteiger partial charge in [0.05, 0.1) is 38.1 Å².